The minimum Gasteiger partial charge on any atom is -0.333 e. The lowest BCUT2D eigenvalue weighted by atomic mass is 11.3. The van der Waals surface area contributed by atoms with Crippen LogP contribution in [0.5, 0.6) is 0 Å². The van der Waals surface area contributed by atoms with Crippen LogP contribution in [0.1, 0.15) is 0 Å². The van der Waals surface area contributed by atoms with Gasteiger partial charge < -0.3 is 4.74 Å². The van der Waals surface area contributed by atoms with Gasteiger partial charge in [0, 0.05) is 0 Å². The molecule has 0 amide bonds. The molecule has 0 radical (unpaired) electrons. The van der Waals surface area contributed by atoms with Crippen LogP contribution in [0.25, 0.3) is 0 Å². The predicted molar refractivity (Wildman–Crippen MR) is 15.5 cm³/mol. The van der Waals surface area contributed by atoms with Gasteiger partial charge in [0.2, 0.25) is 0 Å². The summed E-state index contributed by atoms with van der Waals surface area (Å²) in [6.07, 6.45) is 0. The number of ether oxygens (including phenoxy) is 1. The largest absolute Gasteiger partial charge is 0.333 e. The minimum atomic E-state index is 0.153. The van der Waals surface area contributed by atoms with Crippen molar-refractivity contribution in [2.24, 2.45) is 0 Å². The van der Waals surface area contributed by atoms with Crippen molar-refractivity contribution in [1.82, 2.24) is 5.23 Å². The van der Waals surface area contributed by atoms with Gasteiger partial charge in [-0.1, -0.05) is 0 Å². The molecule has 0 saturated carbocycles. The monoisotopic (exact) mass is 91.0 g/mol. The molecule has 6 heavy (non-hydrogen) atoms. The van der Waals surface area contributed by atoms with Gasteiger partial charge in [-0.15, -0.1) is 0 Å². The summed E-state index contributed by atoms with van der Waals surface area (Å²) in [4.78, 5) is 4.32. The molecule has 0 aromatic carbocycles. The van der Waals surface area contributed by atoms with E-state index in [1.54, 1.807) is 0 Å². The first-order valence-corrected chi connectivity index (χ1v) is 1.56. The first kappa shape index (κ1) is 4.01. The van der Waals surface area contributed by atoms with Crippen molar-refractivity contribution in [3.63, 3.8) is 0 Å². The maximum Gasteiger partial charge on any atom is 0.171 e. The van der Waals surface area contributed by atoms with Crippen molar-refractivity contribution in [2.45, 2.75) is 0 Å². The molecule has 1 heterocycles. The SMILES string of the molecule is ON1COCO1. The molecule has 1 N–H and O–H groups in total. The Hall–Kier alpha value is -0.160. The molecule has 1 rings (SSSR count). The zero-order valence-corrected chi connectivity index (χ0v) is 3.13. The van der Waals surface area contributed by atoms with Crippen LogP contribution in [0.3, 0.4) is 0 Å². The third kappa shape index (κ3) is 0.662. The molecule has 0 aromatic heterocycles. The molecular formula is C2H5NO3. The van der Waals surface area contributed by atoms with Crippen molar-refractivity contribution in [3.05, 3.63) is 0 Å². The van der Waals surface area contributed by atoms with Gasteiger partial charge in [0.05, 0.1) is 0 Å². The van der Waals surface area contributed by atoms with Crippen LogP contribution < -0.4 is 0 Å². The Morgan fingerprint density at radius 3 is 2.67 bits per heavy atom. The van der Waals surface area contributed by atoms with Crippen molar-refractivity contribution < 1.29 is 14.8 Å². The Kier molecular flexibility index (Phi) is 1.02. The van der Waals surface area contributed by atoms with E-state index in [9.17, 15) is 0 Å². The van der Waals surface area contributed by atoms with E-state index in [0.29, 0.717) is 5.23 Å². The van der Waals surface area contributed by atoms with E-state index in [1.165, 1.54) is 0 Å². The summed E-state index contributed by atoms with van der Waals surface area (Å²) in [5.41, 5.74) is 0. The van der Waals surface area contributed by atoms with E-state index in [-0.39, 0.29) is 13.5 Å². The predicted octanol–water partition coefficient (Wildman–Crippen LogP) is -0.446. The number of hydroxylamine groups is 2. The van der Waals surface area contributed by atoms with Gasteiger partial charge in [0.15, 0.2) is 13.5 Å². The molecule has 0 atom stereocenters. The Labute approximate surface area is 34.8 Å². The van der Waals surface area contributed by atoms with E-state index in [2.05, 4.69) is 9.57 Å². The molecule has 4 nitrogen and oxygen atoms in total. The molecule has 1 saturated heterocycles. The molecule has 0 spiro atoms. The van der Waals surface area contributed by atoms with E-state index < -0.39 is 0 Å². The maximum atomic E-state index is 8.22. The summed E-state index contributed by atoms with van der Waals surface area (Å²) < 4.78 is 4.51. The molecule has 0 bridgehead atoms. The first-order valence-electron chi connectivity index (χ1n) is 1.56. The lowest BCUT2D eigenvalue weighted by Crippen LogP contribution is -2.10. The molecular weight excluding hydrogens is 86.0 g/mol. The van der Waals surface area contributed by atoms with Gasteiger partial charge in [-0.2, -0.15) is 0 Å². The number of hydrogen-bond donors (Lipinski definition) is 1. The van der Waals surface area contributed by atoms with Gasteiger partial charge in [-0.3, -0.25) is 5.21 Å². The smallest absolute Gasteiger partial charge is 0.171 e. The van der Waals surface area contributed by atoms with Crippen LogP contribution in [0, 0.1) is 0 Å². The summed E-state index contributed by atoms with van der Waals surface area (Å²) in [5.74, 6) is 0. The van der Waals surface area contributed by atoms with Crippen molar-refractivity contribution in [3.8, 4) is 0 Å². The van der Waals surface area contributed by atoms with Crippen molar-refractivity contribution in [2.75, 3.05) is 13.5 Å². The fraction of sp³-hybridized carbons (Fsp3) is 1.00. The van der Waals surface area contributed by atoms with Gasteiger partial charge in [-0.25, -0.2) is 4.84 Å². The average molecular weight is 91.1 g/mol. The third-order valence-electron chi connectivity index (χ3n) is 0.487. The Morgan fingerprint density at radius 2 is 2.50 bits per heavy atom. The summed E-state index contributed by atoms with van der Waals surface area (Å²) in [6.45, 7) is 0.316. The highest BCUT2D eigenvalue weighted by atomic mass is 17.0. The highest BCUT2D eigenvalue weighted by Crippen LogP contribution is 1.93. The van der Waals surface area contributed by atoms with Crippen molar-refractivity contribution in [1.29, 1.82) is 0 Å². The molecule has 1 aliphatic heterocycles. The lowest BCUT2D eigenvalue weighted by molar-refractivity contribution is -0.308. The van der Waals surface area contributed by atoms with Gasteiger partial charge in [0.1, 0.15) is 0 Å². The second kappa shape index (κ2) is 1.53. The standard InChI is InChI=1S/C2H5NO3/c4-3-1-5-2-6-3/h4H,1-2H2. The zero-order chi connectivity index (χ0) is 4.41. The zero-order valence-electron chi connectivity index (χ0n) is 3.13. The van der Waals surface area contributed by atoms with Crippen LogP contribution >= 0.6 is 0 Å². The van der Waals surface area contributed by atoms with Gasteiger partial charge in [0.25, 0.3) is 0 Å². The number of rotatable bonds is 0. The topological polar surface area (TPSA) is 41.9 Å². The molecule has 0 unspecified atom stereocenters. The van der Waals surface area contributed by atoms with Crippen LogP contribution in [-0.2, 0) is 9.57 Å². The highest BCUT2D eigenvalue weighted by molar-refractivity contribution is 4.12. The molecule has 1 aliphatic rings. The number of nitrogens with zero attached hydrogens (tertiary/aromatic N) is 1. The molecule has 0 aliphatic carbocycles. The van der Waals surface area contributed by atoms with Crippen LogP contribution in [0.4, 0.5) is 0 Å². The Morgan fingerprint density at radius 1 is 1.67 bits per heavy atom. The molecule has 4 heteroatoms. The lowest BCUT2D eigenvalue weighted by Gasteiger charge is -1.95. The van der Waals surface area contributed by atoms with E-state index in [0.717, 1.165) is 0 Å². The fourth-order valence-corrected chi connectivity index (χ4v) is 0.251. The van der Waals surface area contributed by atoms with E-state index in [1.807, 2.05) is 0 Å². The third-order valence-corrected chi connectivity index (χ3v) is 0.487. The van der Waals surface area contributed by atoms with Crippen molar-refractivity contribution >= 4 is 0 Å². The second-order valence-electron chi connectivity index (χ2n) is 0.932. The van der Waals surface area contributed by atoms with Crippen LogP contribution in [0.2, 0.25) is 0 Å². The molecule has 0 aromatic rings. The summed E-state index contributed by atoms with van der Waals surface area (Å²) in [7, 11) is 0. The molecule has 36 valence electrons. The van der Waals surface area contributed by atoms with Gasteiger partial charge in [-0.05, 0) is 5.23 Å². The Balaban J connectivity index is 2.18. The quantitative estimate of drug-likeness (QED) is 0.438. The summed E-state index contributed by atoms with van der Waals surface area (Å²) in [6, 6.07) is 0. The average Bonchev–Trinajstić information content (AvgIpc) is 1.86. The van der Waals surface area contributed by atoms with Gasteiger partial charge >= 0.3 is 0 Å². The second-order valence-corrected chi connectivity index (χ2v) is 0.932. The normalized spacial score (nSPS) is 25.5. The minimum absolute atomic E-state index is 0.153. The Bertz CT molecular complexity index is 42.1. The highest BCUT2D eigenvalue weighted by Gasteiger charge is 2.06. The van der Waals surface area contributed by atoms with Crippen LogP contribution in [0.15, 0.2) is 0 Å². The number of hydrogen-bond acceptors (Lipinski definition) is 4. The van der Waals surface area contributed by atoms with E-state index in [4.69, 9.17) is 5.21 Å². The molecule has 1 fully saturated rings. The van der Waals surface area contributed by atoms with E-state index >= 15 is 0 Å². The summed E-state index contributed by atoms with van der Waals surface area (Å²) >= 11 is 0. The first-order chi connectivity index (χ1) is 2.89. The van der Waals surface area contributed by atoms with Crippen LogP contribution in [-0.4, -0.2) is 24.0 Å². The maximum absolute atomic E-state index is 8.22. The fourth-order valence-electron chi connectivity index (χ4n) is 0.251. The summed E-state index contributed by atoms with van der Waals surface area (Å²) in [5, 5.41) is 8.85.